The van der Waals surface area contributed by atoms with Crippen molar-refractivity contribution in [1.82, 2.24) is 5.32 Å². The van der Waals surface area contributed by atoms with Gasteiger partial charge in [0.15, 0.2) is 6.10 Å². The van der Waals surface area contributed by atoms with Crippen LogP contribution in [0.5, 0.6) is 11.5 Å². The largest absolute Gasteiger partial charge is 0.457 e. The monoisotopic (exact) mass is 445 g/mol. The third-order valence-electron chi connectivity index (χ3n) is 5.14. The van der Waals surface area contributed by atoms with Gasteiger partial charge in [-0.25, -0.2) is 0 Å². The number of ether oxygens (including phenoxy) is 2. The molecule has 0 spiro atoms. The maximum absolute atomic E-state index is 13.4. The van der Waals surface area contributed by atoms with E-state index in [9.17, 15) is 22.8 Å². The van der Waals surface area contributed by atoms with E-state index in [1.165, 1.54) is 19.2 Å². The van der Waals surface area contributed by atoms with Crippen LogP contribution in [0.2, 0.25) is 0 Å². The minimum Gasteiger partial charge on any atom is -0.457 e. The third-order valence-corrected chi connectivity index (χ3v) is 5.14. The number of alkyl halides is 3. The maximum atomic E-state index is 13.4. The lowest BCUT2D eigenvalue weighted by Crippen LogP contribution is -2.35. The van der Waals surface area contributed by atoms with E-state index in [1.54, 1.807) is 36.4 Å². The first-order valence-electron chi connectivity index (χ1n) is 9.97. The highest BCUT2D eigenvalue weighted by Gasteiger charge is 2.33. The van der Waals surface area contributed by atoms with Crippen molar-refractivity contribution in [1.29, 1.82) is 0 Å². The van der Waals surface area contributed by atoms with Gasteiger partial charge in [-0.15, -0.1) is 0 Å². The molecule has 3 aromatic rings. The number of carbonyl (C=O) groups excluding carboxylic acids is 2. The van der Waals surface area contributed by atoms with Gasteiger partial charge in [-0.05, 0) is 47.2 Å². The number of hydrogen-bond donors (Lipinski definition) is 1. The van der Waals surface area contributed by atoms with Gasteiger partial charge in [-0.1, -0.05) is 37.3 Å². The van der Waals surface area contributed by atoms with Gasteiger partial charge in [0.2, 0.25) is 0 Å². The molecule has 0 aliphatic rings. The van der Waals surface area contributed by atoms with Crippen molar-refractivity contribution in [3.05, 3.63) is 71.3 Å². The number of amides is 1. The third kappa shape index (κ3) is 5.01. The van der Waals surface area contributed by atoms with E-state index in [0.29, 0.717) is 23.3 Å². The van der Waals surface area contributed by atoms with Gasteiger partial charge in [0.05, 0.1) is 5.56 Å². The lowest BCUT2D eigenvalue weighted by molar-refractivity contribution is -0.144. The zero-order chi connectivity index (χ0) is 23.3. The predicted octanol–water partition coefficient (Wildman–Crippen LogP) is 5.04. The van der Waals surface area contributed by atoms with Crippen molar-refractivity contribution < 1.29 is 32.2 Å². The molecule has 0 radical (unpaired) electrons. The van der Waals surface area contributed by atoms with E-state index in [4.69, 9.17) is 9.47 Å². The van der Waals surface area contributed by atoms with E-state index in [1.807, 2.05) is 6.92 Å². The van der Waals surface area contributed by atoms with E-state index >= 15 is 0 Å². The molecule has 1 amide bonds. The molecule has 3 aromatic carbocycles. The Labute approximate surface area is 183 Å². The average Bonchev–Trinajstić information content (AvgIpc) is 2.78. The topological polar surface area (TPSA) is 64.6 Å². The first-order valence-corrected chi connectivity index (χ1v) is 9.97. The molecule has 0 saturated carbocycles. The zero-order valence-corrected chi connectivity index (χ0v) is 17.5. The number of aryl methyl sites for hydroxylation is 1. The van der Waals surface area contributed by atoms with Crippen LogP contribution in [0, 0.1) is 0 Å². The summed E-state index contributed by atoms with van der Waals surface area (Å²) in [4.78, 5) is 22.7. The molecular weight excluding hydrogens is 423 g/mol. The van der Waals surface area contributed by atoms with Crippen LogP contribution >= 0.6 is 0 Å². The Kier molecular flexibility index (Phi) is 7.02. The summed E-state index contributed by atoms with van der Waals surface area (Å²) in [5.41, 5.74) is 0.940. The van der Waals surface area contributed by atoms with Gasteiger partial charge < -0.3 is 14.8 Å². The van der Waals surface area contributed by atoms with Crippen LogP contribution in [0.1, 0.15) is 23.6 Å². The fourth-order valence-electron chi connectivity index (χ4n) is 3.56. The highest BCUT2D eigenvalue weighted by Crippen LogP contribution is 2.39. The molecule has 0 heterocycles. The van der Waals surface area contributed by atoms with E-state index < -0.39 is 23.8 Å². The molecule has 1 atom stereocenters. The summed E-state index contributed by atoms with van der Waals surface area (Å²) in [5.74, 6) is 0.329. The minimum absolute atomic E-state index is 0.0595. The summed E-state index contributed by atoms with van der Waals surface area (Å²) in [6.07, 6.45) is -4.64. The van der Waals surface area contributed by atoms with Crippen LogP contribution in [0.25, 0.3) is 10.8 Å². The number of fused-ring (bicyclic) bond motifs is 1. The number of rotatable bonds is 8. The van der Waals surface area contributed by atoms with Crippen LogP contribution in [0.4, 0.5) is 13.2 Å². The zero-order valence-electron chi connectivity index (χ0n) is 17.5. The summed E-state index contributed by atoms with van der Waals surface area (Å²) < 4.78 is 50.9. The van der Waals surface area contributed by atoms with Crippen molar-refractivity contribution in [2.75, 3.05) is 7.05 Å². The Morgan fingerprint density at radius 2 is 1.78 bits per heavy atom. The highest BCUT2D eigenvalue weighted by molar-refractivity contribution is 5.91. The van der Waals surface area contributed by atoms with Gasteiger partial charge >= 0.3 is 6.18 Å². The average molecular weight is 445 g/mol. The molecule has 0 fully saturated rings. The smallest absolute Gasteiger partial charge is 0.417 e. The van der Waals surface area contributed by atoms with Crippen molar-refractivity contribution >= 4 is 23.2 Å². The first-order chi connectivity index (χ1) is 15.3. The molecule has 0 aliphatic heterocycles. The predicted molar refractivity (Wildman–Crippen MR) is 114 cm³/mol. The molecular formula is C24H22F3NO4. The van der Waals surface area contributed by atoms with Gasteiger partial charge in [0, 0.05) is 18.9 Å². The van der Waals surface area contributed by atoms with E-state index in [2.05, 4.69) is 5.32 Å². The number of carbonyl (C=O) groups is 2. The number of likely N-dealkylation sites (N-methyl/N-ethyl adjacent to an activating group) is 1. The summed E-state index contributed by atoms with van der Waals surface area (Å²) in [6.45, 7) is 2.16. The minimum atomic E-state index is -4.47. The SMILES string of the molecule is CCc1cc(Oc2ccc(C(F)(F)F)c3ccccc23)ccc1CC(OC=O)C(=O)NC. The second kappa shape index (κ2) is 9.72. The van der Waals surface area contributed by atoms with Gasteiger partial charge in [-0.3, -0.25) is 9.59 Å². The molecule has 0 saturated heterocycles. The second-order valence-corrected chi connectivity index (χ2v) is 7.08. The normalized spacial score (nSPS) is 12.3. The summed E-state index contributed by atoms with van der Waals surface area (Å²) in [6, 6.07) is 13.7. The lowest BCUT2D eigenvalue weighted by Gasteiger charge is -2.17. The standard InChI is InChI=1S/C24H22F3NO4/c1-3-15-12-17(9-8-16(15)13-22(31-14-29)23(30)28-2)32-21-11-10-20(24(25,26)27)18-6-4-5-7-19(18)21/h4-12,14,22H,3,13H2,1-2H3,(H,28,30). The van der Waals surface area contributed by atoms with Gasteiger partial charge in [-0.2, -0.15) is 13.2 Å². The molecule has 168 valence electrons. The van der Waals surface area contributed by atoms with Crippen LogP contribution in [0.3, 0.4) is 0 Å². The van der Waals surface area contributed by atoms with E-state index in [-0.39, 0.29) is 18.3 Å². The molecule has 5 nitrogen and oxygen atoms in total. The number of hydrogen-bond acceptors (Lipinski definition) is 4. The Balaban J connectivity index is 1.93. The van der Waals surface area contributed by atoms with Crippen LogP contribution in [-0.2, 0) is 33.3 Å². The maximum Gasteiger partial charge on any atom is 0.417 e. The summed E-state index contributed by atoms with van der Waals surface area (Å²) >= 11 is 0. The molecule has 8 heteroatoms. The summed E-state index contributed by atoms with van der Waals surface area (Å²) in [5, 5.41) is 2.87. The van der Waals surface area contributed by atoms with Crippen molar-refractivity contribution in [3.63, 3.8) is 0 Å². The highest BCUT2D eigenvalue weighted by atomic mass is 19.4. The Bertz CT molecular complexity index is 1130. The molecule has 0 bridgehead atoms. The van der Waals surface area contributed by atoms with Crippen molar-refractivity contribution in [3.8, 4) is 11.5 Å². The molecule has 1 N–H and O–H groups in total. The number of nitrogens with one attached hydrogen (secondary N) is 1. The van der Waals surface area contributed by atoms with Gasteiger partial charge in [0.25, 0.3) is 12.4 Å². The fourth-order valence-corrected chi connectivity index (χ4v) is 3.56. The number of benzene rings is 3. The van der Waals surface area contributed by atoms with Gasteiger partial charge in [0.1, 0.15) is 11.5 Å². The first kappa shape index (κ1) is 23.1. The van der Waals surface area contributed by atoms with E-state index in [0.717, 1.165) is 17.2 Å². The summed E-state index contributed by atoms with van der Waals surface area (Å²) in [7, 11) is 1.45. The lowest BCUT2D eigenvalue weighted by atomic mass is 9.99. The molecule has 1 unspecified atom stereocenters. The second-order valence-electron chi connectivity index (χ2n) is 7.08. The Morgan fingerprint density at radius 1 is 1.06 bits per heavy atom. The van der Waals surface area contributed by atoms with Crippen molar-refractivity contribution in [2.24, 2.45) is 0 Å². The van der Waals surface area contributed by atoms with Crippen LogP contribution < -0.4 is 10.1 Å². The Morgan fingerprint density at radius 3 is 2.41 bits per heavy atom. The van der Waals surface area contributed by atoms with Crippen molar-refractivity contribution in [2.45, 2.75) is 32.0 Å². The molecule has 0 aliphatic carbocycles. The Hall–Kier alpha value is -3.55. The fraction of sp³-hybridized carbons (Fsp3) is 0.250. The quantitative estimate of drug-likeness (QED) is 0.493. The molecule has 32 heavy (non-hydrogen) atoms. The molecule has 3 rings (SSSR count). The van der Waals surface area contributed by atoms with Crippen LogP contribution in [0.15, 0.2) is 54.6 Å². The molecule has 0 aromatic heterocycles. The van der Waals surface area contributed by atoms with Crippen LogP contribution in [-0.4, -0.2) is 25.5 Å². The number of halogens is 3.